The van der Waals surface area contributed by atoms with E-state index in [0.29, 0.717) is 12.5 Å². The van der Waals surface area contributed by atoms with E-state index >= 15 is 0 Å². The van der Waals surface area contributed by atoms with E-state index in [2.05, 4.69) is 4.72 Å². The minimum atomic E-state index is -3.14. The van der Waals surface area contributed by atoms with Gasteiger partial charge in [-0.15, -0.1) is 0 Å². The molecule has 0 aromatic heterocycles. The van der Waals surface area contributed by atoms with Gasteiger partial charge in [0.15, 0.2) is 0 Å². The van der Waals surface area contributed by atoms with Crippen molar-refractivity contribution in [3.63, 3.8) is 0 Å². The van der Waals surface area contributed by atoms with Gasteiger partial charge < -0.3 is 5.73 Å². The van der Waals surface area contributed by atoms with Crippen LogP contribution in [0.3, 0.4) is 0 Å². The van der Waals surface area contributed by atoms with Gasteiger partial charge in [-0.1, -0.05) is 24.3 Å². The lowest BCUT2D eigenvalue weighted by molar-refractivity contribution is 0.587. The van der Waals surface area contributed by atoms with Crippen LogP contribution in [0, 0.1) is 0 Å². The maximum atomic E-state index is 11.0. The molecule has 1 aliphatic rings. The van der Waals surface area contributed by atoms with E-state index in [1.165, 1.54) is 11.8 Å². The fourth-order valence-electron chi connectivity index (χ4n) is 1.84. The molecule has 4 nitrogen and oxygen atoms in total. The molecule has 0 amide bonds. The summed E-state index contributed by atoms with van der Waals surface area (Å²) in [7, 11) is -3.14. The highest BCUT2D eigenvalue weighted by atomic mass is 32.2. The topological polar surface area (TPSA) is 72.2 Å². The zero-order valence-electron chi connectivity index (χ0n) is 9.18. The molecule has 1 aromatic carbocycles. The van der Waals surface area contributed by atoms with Crippen LogP contribution in [0.5, 0.6) is 0 Å². The minimum absolute atomic E-state index is 0.236. The summed E-state index contributed by atoms with van der Waals surface area (Å²) < 4.78 is 24.6. The summed E-state index contributed by atoms with van der Waals surface area (Å²) in [4.78, 5) is 0. The lowest BCUT2D eigenvalue weighted by Crippen LogP contribution is -2.22. The molecule has 0 saturated heterocycles. The van der Waals surface area contributed by atoms with Crippen LogP contribution in [-0.4, -0.2) is 20.7 Å². The summed E-state index contributed by atoms with van der Waals surface area (Å²) in [6.45, 7) is 0.345. The first kappa shape index (κ1) is 11.6. The Hall–Kier alpha value is -0.910. The smallest absolute Gasteiger partial charge is 0.209 e. The second-order valence-electron chi connectivity index (χ2n) is 4.30. The van der Waals surface area contributed by atoms with Crippen LogP contribution < -0.4 is 10.5 Å². The van der Waals surface area contributed by atoms with E-state index in [-0.39, 0.29) is 6.04 Å². The largest absolute Gasteiger partial charge is 0.327 e. The summed E-state index contributed by atoms with van der Waals surface area (Å²) >= 11 is 0. The summed E-state index contributed by atoms with van der Waals surface area (Å²) in [5.74, 6) is 0.401. The van der Waals surface area contributed by atoms with Gasteiger partial charge in [-0.3, -0.25) is 0 Å². The first-order valence-corrected chi connectivity index (χ1v) is 7.14. The third kappa shape index (κ3) is 2.81. The molecule has 0 bridgehead atoms. The van der Waals surface area contributed by atoms with Crippen molar-refractivity contribution in [3.8, 4) is 0 Å². The average molecular weight is 240 g/mol. The predicted molar refractivity (Wildman–Crippen MR) is 63.5 cm³/mol. The van der Waals surface area contributed by atoms with Crippen molar-refractivity contribution in [1.82, 2.24) is 4.72 Å². The van der Waals surface area contributed by atoms with Crippen LogP contribution in [0.2, 0.25) is 0 Å². The van der Waals surface area contributed by atoms with Gasteiger partial charge in [0.2, 0.25) is 10.0 Å². The van der Waals surface area contributed by atoms with Crippen LogP contribution in [-0.2, 0) is 16.6 Å². The van der Waals surface area contributed by atoms with Gasteiger partial charge in [0.1, 0.15) is 0 Å². The number of hydrogen-bond donors (Lipinski definition) is 2. The zero-order valence-corrected chi connectivity index (χ0v) is 10.00. The molecule has 16 heavy (non-hydrogen) atoms. The standard InChI is InChI=1S/C11H16N2O2S/c1-16(14,15)13-7-8-4-2-3-5-9(8)10-6-11(10)12/h2-5,10-11,13H,6-7,12H2,1H3. The average Bonchev–Trinajstić information content (AvgIpc) is 2.92. The molecule has 0 heterocycles. The molecule has 1 fully saturated rings. The Morgan fingerprint density at radius 3 is 2.62 bits per heavy atom. The number of rotatable bonds is 4. The van der Waals surface area contributed by atoms with Crippen molar-refractivity contribution >= 4 is 10.0 Å². The van der Waals surface area contributed by atoms with E-state index in [0.717, 1.165) is 12.0 Å². The molecule has 2 unspecified atom stereocenters. The molecule has 1 aliphatic carbocycles. The fourth-order valence-corrected chi connectivity index (χ4v) is 2.26. The zero-order chi connectivity index (χ0) is 11.8. The van der Waals surface area contributed by atoms with Gasteiger partial charge in [-0.25, -0.2) is 13.1 Å². The monoisotopic (exact) mass is 240 g/mol. The van der Waals surface area contributed by atoms with Crippen molar-refractivity contribution < 1.29 is 8.42 Å². The summed E-state index contributed by atoms with van der Waals surface area (Å²) in [5.41, 5.74) is 8.00. The normalized spacial score (nSPS) is 24.4. The minimum Gasteiger partial charge on any atom is -0.327 e. The second-order valence-corrected chi connectivity index (χ2v) is 6.13. The molecule has 0 radical (unpaired) electrons. The molecule has 0 spiro atoms. The first-order chi connectivity index (χ1) is 7.47. The van der Waals surface area contributed by atoms with Crippen LogP contribution in [0.15, 0.2) is 24.3 Å². The number of nitrogens with one attached hydrogen (secondary N) is 1. The third-order valence-electron chi connectivity index (χ3n) is 2.82. The highest BCUT2D eigenvalue weighted by Crippen LogP contribution is 2.40. The Kier molecular flexibility index (Phi) is 3.01. The van der Waals surface area contributed by atoms with E-state index in [1.807, 2.05) is 24.3 Å². The van der Waals surface area contributed by atoms with E-state index in [4.69, 9.17) is 5.73 Å². The van der Waals surface area contributed by atoms with Crippen molar-refractivity contribution in [3.05, 3.63) is 35.4 Å². The predicted octanol–water partition coefficient (Wildman–Crippen LogP) is 0.550. The van der Waals surface area contributed by atoms with Gasteiger partial charge in [-0.2, -0.15) is 0 Å². The van der Waals surface area contributed by atoms with Crippen molar-refractivity contribution in [2.45, 2.75) is 24.9 Å². The Morgan fingerprint density at radius 1 is 1.44 bits per heavy atom. The number of benzene rings is 1. The number of sulfonamides is 1. The van der Waals surface area contributed by atoms with E-state index in [9.17, 15) is 8.42 Å². The first-order valence-electron chi connectivity index (χ1n) is 5.25. The SMILES string of the molecule is CS(=O)(=O)NCc1ccccc1C1CC1N. The summed E-state index contributed by atoms with van der Waals surface area (Å²) in [5, 5.41) is 0. The molecular weight excluding hydrogens is 224 g/mol. The van der Waals surface area contributed by atoms with Crippen LogP contribution in [0.25, 0.3) is 0 Å². The molecule has 88 valence electrons. The Bertz CT molecular complexity index is 485. The van der Waals surface area contributed by atoms with Crippen LogP contribution >= 0.6 is 0 Å². The molecule has 3 N–H and O–H groups in total. The quantitative estimate of drug-likeness (QED) is 0.807. The number of nitrogens with two attached hydrogens (primary N) is 1. The maximum Gasteiger partial charge on any atom is 0.209 e. The van der Waals surface area contributed by atoms with Gasteiger partial charge in [0, 0.05) is 18.5 Å². The Balaban J connectivity index is 2.14. The third-order valence-corrected chi connectivity index (χ3v) is 3.49. The highest BCUT2D eigenvalue weighted by molar-refractivity contribution is 7.88. The van der Waals surface area contributed by atoms with Crippen molar-refractivity contribution in [1.29, 1.82) is 0 Å². The van der Waals surface area contributed by atoms with Gasteiger partial charge in [0.25, 0.3) is 0 Å². The molecule has 1 aromatic rings. The maximum absolute atomic E-state index is 11.0. The summed E-state index contributed by atoms with van der Waals surface area (Å²) in [6.07, 6.45) is 2.16. The lowest BCUT2D eigenvalue weighted by Gasteiger charge is -2.08. The number of hydrogen-bond acceptors (Lipinski definition) is 3. The molecular formula is C11H16N2O2S. The molecule has 1 saturated carbocycles. The molecule has 2 atom stereocenters. The Morgan fingerprint density at radius 2 is 2.06 bits per heavy atom. The highest BCUT2D eigenvalue weighted by Gasteiger charge is 2.35. The van der Waals surface area contributed by atoms with Crippen LogP contribution in [0.4, 0.5) is 0 Å². The Labute approximate surface area is 95.9 Å². The molecule has 0 aliphatic heterocycles. The molecule has 2 rings (SSSR count). The van der Waals surface area contributed by atoms with E-state index in [1.54, 1.807) is 0 Å². The van der Waals surface area contributed by atoms with Crippen LogP contribution in [0.1, 0.15) is 23.5 Å². The summed E-state index contributed by atoms with van der Waals surface area (Å²) in [6, 6.07) is 8.08. The second kappa shape index (κ2) is 4.16. The van der Waals surface area contributed by atoms with E-state index < -0.39 is 10.0 Å². The van der Waals surface area contributed by atoms with Gasteiger partial charge >= 0.3 is 0 Å². The molecule has 5 heteroatoms. The van der Waals surface area contributed by atoms with Crippen molar-refractivity contribution in [2.24, 2.45) is 5.73 Å². The van der Waals surface area contributed by atoms with Gasteiger partial charge in [-0.05, 0) is 17.5 Å². The fraction of sp³-hybridized carbons (Fsp3) is 0.455. The van der Waals surface area contributed by atoms with Crippen molar-refractivity contribution in [2.75, 3.05) is 6.26 Å². The lowest BCUT2D eigenvalue weighted by atomic mass is 10.0. The van der Waals surface area contributed by atoms with Gasteiger partial charge in [0.05, 0.1) is 6.26 Å².